The summed E-state index contributed by atoms with van der Waals surface area (Å²) in [4.78, 5) is 14.2. The summed E-state index contributed by atoms with van der Waals surface area (Å²) in [6, 6.07) is 11.9. The van der Waals surface area contributed by atoms with Crippen LogP contribution in [-0.4, -0.2) is 22.7 Å². The summed E-state index contributed by atoms with van der Waals surface area (Å²) in [5.74, 6) is -0.619. The first-order chi connectivity index (χ1) is 11.1. The quantitative estimate of drug-likeness (QED) is 0.748. The van der Waals surface area contributed by atoms with E-state index in [-0.39, 0.29) is 6.42 Å². The molecule has 0 bridgehead atoms. The summed E-state index contributed by atoms with van der Waals surface area (Å²) in [5.41, 5.74) is 2.32. The van der Waals surface area contributed by atoms with Crippen LogP contribution in [0, 0.1) is 5.82 Å². The number of carboxylic acid groups (broad SMARTS) is 1. The third kappa shape index (κ3) is 2.90. The second-order valence-electron chi connectivity index (χ2n) is 5.17. The van der Waals surface area contributed by atoms with Crippen LogP contribution in [0.5, 0.6) is 5.75 Å². The van der Waals surface area contributed by atoms with Crippen LogP contribution in [0.4, 0.5) is 4.39 Å². The van der Waals surface area contributed by atoms with Crippen LogP contribution in [0.3, 0.4) is 0 Å². The molecule has 4 nitrogen and oxygen atoms in total. The van der Waals surface area contributed by atoms with E-state index in [9.17, 15) is 14.3 Å². The van der Waals surface area contributed by atoms with E-state index in [0.717, 1.165) is 11.3 Å². The van der Waals surface area contributed by atoms with Crippen molar-refractivity contribution in [3.05, 3.63) is 53.8 Å². The van der Waals surface area contributed by atoms with Gasteiger partial charge in [0.05, 0.1) is 24.2 Å². The summed E-state index contributed by atoms with van der Waals surface area (Å²) in [7, 11) is 0. The van der Waals surface area contributed by atoms with Gasteiger partial charge in [-0.2, -0.15) is 0 Å². The molecule has 118 valence electrons. The maximum Gasteiger partial charge on any atom is 0.307 e. The van der Waals surface area contributed by atoms with Gasteiger partial charge in [0.2, 0.25) is 0 Å². The van der Waals surface area contributed by atoms with Gasteiger partial charge in [0.15, 0.2) is 0 Å². The van der Waals surface area contributed by atoms with E-state index in [2.05, 4.69) is 4.98 Å². The number of aliphatic carboxylic acids is 1. The van der Waals surface area contributed by atoms with Crippen LogP contribution in [0.2, 0.25) is 0 Å². The van der Waals surface area contributed by atoms with Crippen molar-refractivity contribution in [2.45, 2.75) is 13.3 Å². The molecule has 1 heterocycles. The van der Waals surface area contributed by atoms with Crippen molar-refractivity contribution in [2.24, 2.45) is 0 Å². The molecular formula is C18H16FNO3. The largest absolute Gasteiger partial charge is 0.494 e. The van der Waals surface area contributed by atoms with E-state index in [1.807, 2.05) is 31.2 Å². The average Bonchev–Trinajstić information content (AvgIpc) is 2.88. The number of carboxylic acids is 1. The third-order valence-corrected chi connectivity index (χ3v) is 3.67. The Bertz CT molecular complexity index is 853. The van der Waals surface area contributed by atoms with Gasteiger partial charge in [-0.1, -0.05) is 12.1 Å². The van der Waals surface area contributed by atoms with E-state index < -0.39 is 11.8 Å². The molecule has 0 spiro atoms. The van der Waals surface area contributed by atoms with Gasteiger partial charge in [-0.05, 0) is 48.4 Å². The highest BCUT2D eigenvalue weighted by Crippen LogP contribution is 2.32. The standard InChI is InChI=1S/C18H16FNO3/c1-2-23-12-8-6-11(7-9-12)17-14(10-16(21)22)13-4-3-5-15(19)18(13)20-17/h3-9,20H,2,10H2,1H3,(H,21,22). The number of H-pyrrole nitrogens is 1. The molecule has 3 rings (SSSR count). The first kappa shape index (κ1) is 15.1. The minimum atomic E-state index is -0.956. The fourth-order valence-corrected chi connectivity index (χ4v) is 2.70. The number of aromatic nitrogens is 1. The number of aromatic amines is 1. The number of carbonyl (C=O) groups is 1. The Morgan fingerprint density at radius 2 is 1.96 bits per heavy atom. The molecule has 0 saturated carbocycles. The lowest BCUT2D eigenvalue weighted by Crippen LogP contribution is -2.01. The molecule has 23 heavy (non-hydrogen) atoms. The minimum Gasteiger partial charge on any atom is -0.494 e. The summed E-state index contributed by atoms with van der Waals surface area (Å²) in [6.45, 7) is 2.47. The van der Waals surface area contributed by atoms with E-state index in [4.69, 9.17) is 4.74 Å². The van der Waals surface area contributed by atoms with Crippen molar-refractivity contribution < 1.29 is 19.0 Å². The number of benzene rings is 2. The number of hydrogen-bond acceptors (Lipinski definition) is 2. The second kappa shape index (κ2) is 6.12. The zero-order valence-corrected chi connectivity index (χ0v) is 12.6. The zero-order chi connectivity index (χ0) is 16.4. The lowest BCUT2D eigenvalue weighted by Gasteiger charge is -2.06. The Balaban J connectivity index is 2.15. The normalized spacial score (nSPS) is 10.9. The highest BCUT2D eigenvalue weighted by atomic mass is 19.1. The predicted molar refractivity (Wildman–Crippen MR) is 86.2 cm³/mol. The molecule has 2 N–H and O–H groups in total. The van der Waals surface area contributed by atoms with Gasteiger partial charge in [0, 0.05) is 5.39 Å². The summed E-state index contributed by atoms with van der Waals surface area (Å²) in [5, 5.41) is 9.77. The fraction of sp³-hybridized carbons (Fsp3) is 0.167. The number of hydrogen-bond donors (Lipinski definition) is 2. The molecule has 0 aliphatic rings. The molecule has 0 saturated heterocycles. The van der Waals surface area contributed by atoms with Gasteiger partial charge in [-0.3, -0.25) is 4.79 Å². The highest BCUT2D eigenvalue weighted by molar-refractivity contribution is 5.94. The lowest BCUT2D eigenvalue weighted by molar-refractivity contribution is -0.136. The molecular weight excluding hydrogens is 297 g/mol. The summed E-state index contributed by atoms with van der Waals surface area (Å²) < 4.78 is 19.4. The highest BCUT2D eigenvalue weighted by Gasteiger charge is 2.17. The van der Waals surface area contributed by atoms with E-state index >= 15 is 0 Å². The Morgan fingerprint density at radius 3 is 2.61 bits per heavy atom. The van der Waals surface area contributed by atoms with E-state index in [0.29, 0.717) is 28.8 Å². The third-order valence-electron chi connectivity index (χ3n) is 3.67. The van der Waals surface area contributed by atoms with Crippen LogP contribution < -0.4 is 4.74 Å². The van der Waals surface area contributed by atoms with E-state index in [1.165, 1.54) is 6.07 Å². The van der Waals surface area contributed by atoms with Crippen molar-refractivity contribution in [3.8, 4) is 17.0 Å². The smallest absolute Gasteiger partial charge is 0.307 e. The minimum absolute atomic E-state index is 0.175. The summed E-state index contributed by atoms with van der Waals surface area (Å²) >= 11 is 0. The molecule has 5 heteroatoms. The van der Waals surface area contributed by atoms with Gasteiger partial charge in [0.25, 0.3) is 0 Å². The fourth-order valence-electron chi connectivity index (χ4n) is 2.70. The molecule has 0 atom stereocenters. The Morgan fingerprint density at radius 1 is 1.22 bits per heavy atom. The summed E-state index contributed by atoms with van der Waals surface area (Å²) in [6.07, 6.45) is -0.175. The molecule has 0 aliphatic heterocycles. The molecule has 0 aliphatic carbocycles. The number of fused-ring (bicyclic) bond motifs is 1. The molecule has 3 aromatic rings. The molecule has 0 fully saturated rings. The van der Waals surface area contributed by atoms with Crippen molar-refractivity contribution in [1.29, 1.82) is 0 Å². The first-order valence-corrected chi connectivity index (χ1v) is 7.34. The van der Waals surface area contributed by atoms with Crippen LogP contribution in [-0.2, 0) is 11.2 Å². The van der Waals surface area contributed by atoms with Gasteiger partial charge in [0.1, 0.15) is 11.6 Å². The number of nitrogens with one attached hydrogen (secondary N) is 1. The number of halogens is 1. The van der Waals surface area contributed by atoms with Crippen LogP contribution in [0.15, 0.2) is 42.5 Å². The Hall–Kier alpha value is -2.82. The maximum atomic E-state index is 14.0. The molecule has 0 unspecified atom stereocenters. The van der Waals surface area contributed by atoms with Crippen molar-refractivity contribution in [3.63, 3.8) is 0 Å². The van der Waals surface area contributed by atoms with Crippen molar-refractivity contribution >= 4 is 16.9 Å². The van der Waals surface area contributed by atoms with Gasteiger partial charge >= 0.3 is 5.97 Å². The van der Waals surface area contributed by atoms with Crippen LogP contribution in [0.1, 0.15) is 12.5 Å². The number of rotatable bonds is 5. The number of para-hydroxylation sites is 1. The van der Waals surface area contributed by atoms with E-state index in [1.54, 1.807) is 12.1 Å². The first-order valence-electron chi connectivity index (χ1n) is 7.34. The van der Waals surface area contributed by atoms with Gasteiger partial charge in [-0.15, -0.1) is 0 Å². The van der Waals surface area contributed by atoms with Gasteiger partial charge in [-0.25, -0.2) is 4.39 Å². The second-order valence-corrected chi connectivity index (χ2v) is 5.17. The lowest BCUT2D eigenvalue weighted by atomic mass is 10.0. The molecule has 0 amide bonds. The van der Waals surface area contributed by atoms with Crippen molar-refractivity contribution in [2.75, 3.05) is 6.61 Å². The monoisotopic (exact) mass is 313 g/mol. The predicted octanol–water partition coefficient (Wildman–Crippen LogP) is 4.00. The molecule has 2 aromatic carbocycles. The van der Waals surface area contributed by atoms with Gasteiger partial charge < -0.3 is 14.8 Å². The molecule has 1 aromatic heterocycles. The Kier molecular flexibility index (Phi) is 4.02. The van der Waals surface area contributed by atoms with Crippen molar-refractivity contribution in [1.82, 2.24) is 4.98 Å². The SMILES string of the molecule is CCOc1ccc(-c2[nH]c3c(F)cccc3c2CC(=O)O)cc1. The van der Waals surface area contributed by atoms with Crippen LogP contribution in [0.25, 0.3) is 22.2 Å². The zero-order valence-electron chi connectivity index (χ0n) is 12.6. The average molecular weight is 313 g/mol. The molecule has 0 radical (unpaired) electrons. The topological polar surface area (TPSA) is 62.3 Å². The Labute approximate surface area is 132 Å². The number of ether oxygens (including phenoxy) is 1. The van der Waals surface area contributed by atoms with Crippen LogP contribution >= 0.6 is 0 Å². The maximum absolute atomic E-state index is 14.0.